The van der Waals surface area contributed by atoms with Crippen molar-refractivity contribution in [3.8, 4) is 0 Å². The van der Waals surface area contributed by atoms with Gasteiger partial charge in [0.15, 0.2) is 6.10 Å². The fourth-order valence-electron chi connectivity index (χ4n) is 1.80. The lowest BCUT2D eigenvalue weighted by Gasteiger charge is -2.13. The van der Waals surface area contributed by atoms with E-state index >= 15 is 0 Å². The molecule has 7 nitrogen and oxygen atoms in total. The van der Waals surface area contributed by atoms with E-state index in [1.54, 1.807) is 6.20 Å². The Kier molecular flexibility index (Phi) is 6.14. The van der Waals surface area contributed by atoms with Gasteiger partial charge in [-0.2, -0.15) is 0 Å². The third-order valence-electron chi connectivity index (χ3n) is 3.05. The molecule has 3 amide bonds. The highest BCUT2D eigenvalue weighted by molar-refractivity contribution is 9.10. The summed E-state index contributed by atoms with van der Waals surface area (Å²) in [7, 11) is 0. The minimum Gasteiger partial charge on any atom is -0.448 e. The molecule has 2 aromatic rings. The van der Waals surface area contributed by atoms with Gasteiger partial charge in [-0.25, -0.2) is 9.59 Å². The summed E-state index contributed by atoms with van der Waals surface area (Å²) < 4.78 is 5.68. The lowest BCUT2D eigenvalue weighted by molar-refractivity contribution is -0.127. The van der Waals surface area contributed by atoms with Crippen molar-refractivity contribution < 1.29 is 19.1 Å². The van der Waals surface area contributed by atoms with E-state index in [0.717, 1.165) is 5.56 Å². The van der Waals surface area contributed by atoms with Crippen molar-refractivity contribution in [2.75, 3.05) is 0 Å². The van der Waals surface area contributed by atoms with E-state index in [2.05, 4.69) is 31.5 Å². The van der Waals surface area contributed by atoms with Gasteiger partial charge >= 0.3 is 12.0 Å². The van der Waals surface area contributed by atoms with Crippen LogP contribution < -0.4 is 10.6 Å². The smallest absolute Gasteiger partial charge is 0.355 e. The van der Waals surface area contributed by atoms with Crippen LogP contribution in [0.5, 0.6) is 0 Å². The number of urea groups is 1. The molecule has 8 heteroatoms. The highest BCUT2D eigenvalue weighted by atomic mass is 79.9. The summed E-state index contributed by atoms with van der Waals surface area (Å²) in [4.78, 5) is 38.1. The molecular weight excluding hydrogens is 378 g/mol. The molecule has 0 aliphatic carbocycles. The van der Waals surface area contributed by atoms with Gasteiger partial charge in [-0.15, -0.1) is 0 Å². The second kappa shape index (κ2) is 8.30. The Morgan fingerprint density at radius 3 is 2.58 bits per heavy atom. The predicted molar refractivity (Wildman–Crippen MR) is 90.2 cm³/mol. The molecule has 0 fully saturated rings. The molecule has 0 saturated carbocycles. The van der Waals surface area contributed by atoms with Crippen LogP contribution in [0.25, 0.3) is 0 Å². The van der Waals surface area contributed by atoms with Crippen LogP contribution in [-0.4, -0.2) is 29.0 Å². The summed E-state index contributed by atoms with van der Waals surface area (Å²) in [5.41, 5.74) is 1.10. The molecule has 3 N–H and O–H groups in total. The van der Waals surface area contributed by atoms with E-state index in [-0.39, 0.29) is 12.2 Å². The molecule has 1 unspecified atom stereocenters. The summed E-state index contributed by atoms with van der Waals surface area (Å²) in [5, 5.41) is 4.68. The SMILES string of the molecule is CC(OC(=O)c1cc(Br)c[nH]1)C(=O)NC(=O)NCc1ccccc1. The van der Waals surface area contributed by atoms with E-state index in [4.69, 9.17) is 4.74 Å². The Morgan fingerprint density at radius 2 is 1.96 bits per heavy atom. The number of hydrogen-bond donors (Lipinski definition) is 3. The zero-order valence-corrected chi connectivity index (χ0v) is 14.4. The van der Waals surface area contributed by atoms with Crippen molar-refractivity contribution in [3.05, 3.63) is 58.3 Å². The maximum absolute atomic E-state index is 11.9. The molecule has 0 aliphatic heterocycles. The molecule has 0 bridgehead atoms. The average Bonchev–Trinajstić information content (AvgIpc) is 3.00. The Morgan fingerprint density at radius 1 is 1.25 bits per heavy atom. The molecule has 1 aromatic carbocycles. The van der Waals surface area contributed by atoms with Gasteiger partial charge < -0.3 is 15.0 Å². The third kappa shape index (κ3) is 5.24. The standard InChI is InChI=1S/C16H16BrN3O4/c1-10(24-15(22)13-7-12(17)9-18-13)14(21)20-16(23)19-8-11-5-3-2-4-6-11/h2-7,9-10,18H,8H2,1H3,(H2,19,20,21,23). The fraction of sp³-hybridized carbons (Fsp3) is 0.188. The molecule has 2 rings (SSSR count). The number of carbonyl (C=O) groups is 3. The van der Waals surface area contributed by atoms with Crippen molar-refractivity contribution in [3.63, 3.8) is 0 Å². The van der Waals surface area contributed by atoms with Crippen LogP contribution in [0.1, 0.15) is 23.0 Å². The Hall–Kier alpha value is -2.61. The maximum Gasteiger partial charge on any atom is 0.355 e. The van der Waals surface area contributed by atoms with E-state index < -0.39 is 24.0 Å². The molecule has 0 radical (unpaired) electrons. The first-order valence-corrected chi connectivity index (χ1v) is 7.92. The average molecular weight is 394 g/mol. The highest BCUT2D eigenvalue weighted by Crippen LogP contribution is 2.12. The summed E-state index contributed by atoms with van der Waals surface area (Å²) in [6, 6.07) is 10.1. The highest BCUT2D eigenvalue weighted by Gasteiger charge is 2.21. The van der Waals surface area contributed by atoms with Crippen LogP contribution in [0.15, 0.2) is 47.1 Å². The second-order valence-electron chi connectivity index (χ2n) is 4.94. The Bertz CT molecular complexity index is 730. The molecule has 1 atom stereocenters. The molecular formula is C16H16BrN3O4. The molecule has 1 aromatic heterocycles. The number of ether oxygens (including phenoxy) is 1. The number of imide groups is 1. The minimum absolute atomic E-state index is 0.204. The first-order valence-electron chi connectivity index (χ1n) is 7.13. The van der Waals surface area contributed by atoms with Crippen LogP contribution in [0.3, 0.4) is 0 Å². The van der Waals surface area contributed by atoms with E-state index in [9.17, 15) is 14.4 Å². The lowest BCUT2D eigenvalue weighted by Crippen LogP contribution is -2.44. The minimum atomic E-state index is -1.11. The number of carbonyl (C=O) groups excluding carboxylic acids is 3. The van der Waals surface area contributed by atoms with Gasteiger partial charge in [-0.3, -0.25) is 10.1 Å². The number of esters is 1. The maximum atomic E-state index is 11.9. The van der Waals surface area contributed by atoms with Gasteiger partial charge in [0.1, 0.15) is 5.69 Å². The van der Waals surface area contributed by atoms with E-state index in [1.165, 1.54) is 13.0 Å². The Balaban J connectivity index is 1.78. The third-order valence-corrected chi connectivity index (χ3v) is 3.51. The number of aromatic amines is 1. The van der Waals surface area contributed by atoms with Gasteiger partial charge in [0.05, 0.1) is 0 Å². The van der Waals surface area contributed by atoms with Crippen LogP contribution in [-0.2, 0) is 16.1 Å². The zero-order chi connectivity index (χ0) is 17.5. The first kappa shape index (κ1) is 17.7. The number of halogens is 1. The van der Waals surface area contributed by atoms with Crippen molar-refractivity contribution in [1.29, 1.82) is 0 Å². The summed E-state index contributed by atoms with van der Waals surface area (Å²) in [5.74, 6) is -1.40. The molecule has 0 saturated heterocycles. The number of aromatic nitrogens is 1. The van der Waals surface area contributed by atoms with Crippen molar-refractivity contribution in [2.45, 2.75) is 19.6 Å². The number of rotatable bonds is 5. The number of H-pyrrole nitrogens is 1. The van der Waals surface area contributed by atoms with Gasteiger partial charge in [0, 0.05) is 17.2 Å². The molecule has 0 spiro atoms. The van der Waals surface area contributed by atoms with E-state index in [0.29, 0.717) is 4.47 Å². The van der Waals surface area contributed by atoms with Crippen molar-refractivity contribution in [2.24, 2.45) is 0 Å². The number of hydrogen-bond acceptors (Lipinski definition) is 4. The second-order valence-corrected chi connectivity index (χ2v) is 5.85. The molecule has 24 heavy (non-hydrogen) atoms. The van der Waals surface area contributed by atoms with Crippen LogP contribution in [0, 0.1) is 0 Å². The summed E-state index contributed by atoms with van der Waals surface area (Å²) in [6.45, 7) is 1.67. The van der Waals surface area contributed by atoms with Crippen molar-refractivity contribution in [1.82, 2.24) is 15.6 Å². The largest absolute Gasteiger partial charge is 0.448 e. The molecule has 1 heterocycles. The first-order chi connectivity index (χ1) is 11.5. The lowest BCUT2D eigenvalue weighted by atomic mass is 10.2. The molecule has 0 aliphatic rings. The van der Waals surface area contributed by atoms with Crippen LogP contribution >= 0.6 is 15.9 Å². The number of amides is 3. The quantitative estimate of drug-likeness (QED) is 0.678. The number of benzene rings is 1. The monoisotopic (exact) mass is 393 g/mol. The zero-order valence-electron chi connectivity index (χ0n) is 12.8. The van der Waals surface area contributed by atoms with Crippen LogP contribution in [0.4, 0.5) is 4.79 Å². The number of nitrogens with one attached hydrogen (secondary N) is 3. The molecule has 126 valence electrons. The van der Waals surface area contributed by atoms with Gasteiger partial charge in [-0.1, -0.05) is 30.3 Å². The van der Waals surface area contributed by atoms with Gasteiger partial charge in [0.25, 0.3) is 5.91 Å². The van der Waals surface area contributed by atoms with Crippen LogP contribution in [0.2, 0.25) is 0 Å². The Labute approximate surface area is 146 Å². The van der Waals surface area contributed by atoms with Crippen molar-refractivity contribution >= 4 is 33.8 Å². The van der Waals surface area contributed by atoms with Gasteiger partial charge in [-0.05, 0) is 34.5 Å². The summed E-state index contributed by atoms with van der Waals surface area (Å²) in [6.07, 6.45) is 0.459. The van der Waals surface area contributed by atoms with E-state index in [1.807, 2.05) is 30.3 Å². The predicted octanol–water partition coefficient (Wildman–Crippen LogP) is 2.35. The normalized spacial score (nSPS) is 11.4. The summed E-state index contributed by atoms with van der Waals surface area (Å²) >= 11 is 3.19. The topological polar surface area (TPSA) is 100 Å². The fourth-order valence-corrected chi connectivity index (χ4v) is 2.14. The van der Waals surface area contributed by atoms with Gasteiger partial charge in [0.2, 0.25) is 0 Å².